The van der Waals surface area contributed by atoms with Gasteiger partial charge in [0, 0.05) is 12.7 Å². The van der Waals surface area contributed by atoms with Crippen LogP contribution in [0.1, 0.15) is 41.7 Å². The second-order valence-electron chi connectivity index (χ2n) is 8.74. The normalized spacial score (nSPS) is 14.6. The maximum atomic E-state index is 13.5. The van der Waals surface area contributed by atoms with Crippen LogP contribution in [0.4, 0.5) is 14.9 Å². The average molecular weight is 501 g/mol. The van der Waals surface area contributed by atoms with E-state index in [4.69, 9.17) is 14.2 Å². The number of carbonyl (C=O) groups excluding carboxylic acids is 1. The first-order chi connectivity index (χ1) is 16.8. The first-order valence-corrected chi connectivity index (χ1v) is 12.1. The number of aliphatic hydroxyl groups is 1. The van der Waals surface area contributed by atoms with Crippen LogP contribution in [-0.4, -0.2) is 36.3 Å². The number of fused-ring (bicyclic) bond motifs is 1. The molecule has 0 saturated carbocycles. The van der Waals surface area contributed by atoms with Gasteiger partial charge >= 0.3 is 6.03 Å². The molecule has 1 aromatic heterocycles. The van der Waals surface area contributed by atoms with Gasteiger partial charge in [-0.15, -0.1) is 11.3 Å². The number of carbonyl (C=O) groups is 1. The maximum Gasteiger partial charge on any atom is 0.322 e. The Morgan fingerprint density at radius 3 is 2.89 bits per heavy atom. The van der Waals surface area contributed by atoms with Crippen molar-refractivity contribution in [3.63, 3.8) is 0 Å². The lowest BCUT2D eigenvalue weighted by atomic mass is 9.95. The van der Waals surface area contributed by atoms with Crippen LogP contribution in [0.5, 0.6) is 5.75 Å². The number of halogens is 1. The molecule has 2 aromatic carbocycles. The van der Waals surface area contributed by atoms with Crippen LogP contribution in [-0.2, 0) is 28.2 Å². The zero-order valence-electron chi connectivity index (χ0n) is 19.9. The molecule has 9 heteroatoms. The predicted molar refractivity (Wildman–Crippen MR) is 132 cm³/mol. The monoisotopic (exact) mass is 500 g/mol. The van der Waals surface area contributed by atoms with Crippen LogP contribution in [0.15, 0.2) is 53.9 Å². The molecule has 3 aromatic rings. The minimum absolute atomic E-state index is 0.267. The van der Waals surface area contributed by atoms with Gasteiger partial charge in [0.15, 0.2) is 6.29 Å². The molecule has 7 nitrogen and oxygen atoms in total. The summed E-state index contributed by atoms with van der Waals surface area (Å²) in [7, 11) is 1.40. The Hall–Kier alpha value is -2.98. The Morgan fingerprint density at radius 2 is 2.11 bits per heavy atom. The predicted octanol–water partition coefficient (Wildman–Crippen LogP) is 5.40. The summed E-state index contributed by atoms with van der Waals surface area (Å²) >= 11 is 1.30. The number of ether oxygens (including phenoxy) is 3. The van der Waals surface area contributed by atoms with E-state index in [2.05, 4.69) is 5.32 Å². The number of thiophene rings is 1. The number of hydrogen-bond acceptors (Lipinski definition) is 6. The number of hydrogen-bond donors (Lipinski definition) is 2. The van der Waals surface area contributed by atoms with Gasteiger partial charge in [0.2, 0.25) is 0 Å². The molecule has 2 amide bonds. The first kappa shape index (κ1) is 25.1. The highest BCUT2D eigenvalue weighted by Gasteiger charge is 2.26. The van der Waals surface area contributed by atoms with Crippen molar-refractivity contribution in [2.24, 2.45) is 0 Å². The number of nitrogens with zero attached hydrogens (tertiary/aromatic N) is 1. The first-order valence-electron chi connectivity index (χ1n) is 11.3. The number of nitrogens with one attached hydrogen (secondary N) is 1. The Morgan fingerprint density at radius 1 is 1.29 bits per heavy atom. The lowest BCUT2D eigenvalue weighted by Crippen LogP contribution is -2.36. The molecule has 4 rings (SSSR count). The minimum atomic E-state index is -1.10. The molecule has 0 aliphatic carbocycles. The number of aliphatic hydroxyl groups excluding tert-OH is 1. The summed E-state index contributed by atoms with van der Waals surface area (Å²) in [6.07, 6.45) is -1.10. The standard InChI is InChI=1S/C26H29FN2O5S/c1-26(2,34-16-17-5-4-6-20(27)13-17)19-7-8-22-18(14-19)15-29(10-11-33-22)25(31)28-21-9-12-35-23(21)24(30)32-3/h4-9,12-14,24,30H,10-11,15-16H2,1-3H3,(H,28,31). The summed E-state index contributed by atoms with van der Waals surface area (Å²) in [6, 6.07) is 13.6. The lowest BCUT2D eigenvalue weighted by Gasteiger charge is -2.27. The number of anilines is 1. The highest BCUT2D eigenvalue weighted by atomic mass is 32.1. The summed E-state index contributed by atoms with van der Waals surface area (Å²) in [5, 5.41) is 14.7. The second-order valence-corrected chi connectivity index (χ2v) is 9.69. The molecule has 1 aliphatic rings. The molecule has 1 atom stereocenters. The van der Waals surface area contributed by atoms with Gasteiger partial charge in [-0.1, -0.05) is 18.2 Å². The molecule has 0 spiro atoms. The van der Waals surface area contributed by atoms with Crippen LogP contribution < -0.4 is 10.1 Å². The van der Waals surface area contributed by atoms with Gasteiger partial charge < -0.3 is 29.5 Å². The van der Waals surface area contributed by atoms with Gasteiger partial charge in [0.05, 0.1) is 35.9 Å². The third-order valence-corrected chi connectivity index (χ3v) is 6.84. The van der Waals surface area contributed by atoms with Crippen LogP contribution in [0, 0.1) is 5.82 Å². The van der Waals surface area contributed by atoms with E-state index in [-0.39, 0.29) is 18.5 Å². The van der Waals surface area contributed by atoms with Gasteiger partial charge in [-0.25, -0.2) is 9.18 Å². The number of urea groups is 1. The third-order valence-electron chi connectivity index (χ3n) is 5.90. The van der Waals surface area contributed by atoms with Crippen molar-refractivity contribution in [1.29, 1.82) is 0 Å². The summed E-state index contributed by atoms with van der Waals surface area (Å²) in [6.45, 7) is 5.28. The fourth-order valence-electron chi connectivity index (χ4n) is 3.83. The molecule has 2 heterocycles. The molecule has 0 bridgehead atoms. The number of benzene rings is 2. The Balaban J connectivity index is 1.48. The fourth-order valence-corrected chi connectivity index (χ4v) is 4.64. The van der Waals surface area contributed by atoms with Crippen LogP contribution in [0.2, 0.25) is 0 Å². The third kappa shape index (κ3) is 5.99. The van der Waals surface area contributed by atoms with Crippen molar-refractivity contribution in [2.45, 2.75) is 38.9 Å². The zero-order valence-corrected chi connectivity index (χ0v) is 20.7. The van der Waals surface area contributed by atoms with Gasteiger partial charge in [-0.05, 0) is 60.7 Å². The number of amides is 2. The van der Waals surface area contributed by atoms with E-state index >= 15 is 0 Å². The molecule has 35 heavy (non-hydrogen) atoms. The molecule has 0 fully saturated rings. The quantitative estimate of drug-likeness (QED) is 0.425. The van der Waals surface area contributed by atoms with Crippen molar-refractivity contribution in [3.05, 3.63) is 81.3 Å². The van der Waals surface area contributed by atoms with E-state index < -0.39 is 11.9 Å². The van der Waals surface area contributed by atoms with E-state index in [1.165, 1.54) is 30.6 Å². The van der Waals surface area contributed by atoms with Crippen LogP contribution >= 0.6 is 11.3 Å². The van der Waals surface area contributed by atoms with E-state index in [0.717, 1.165) is 22.4 Å². The van der Waals surface area contributed by atoms with E-state index in [0.29, 0.717) is 30.3 Å². The SMILES string of the molecule is COC(O)c1sccc1NC(=O)N1CCOc2ccc(C(C)(C)OCc3cccc(F)c3)cc2C1. The summed E-state index contributed by atoms with van der Waals surface area (Å²) in [4.78, 5) is 15.2. The second kappa shape index (κ2) is 10.7. The topological polar surface area (TPSA) is 80.3 Å². The van der Waals surface area contributed by atoms with E-state index in [9.17, 15) is 14.3 Å². The van der Waals surface area contributed by atoms with Gasteiger partial charge in [-0.2, -0.15) is 0 Å². The Kier molecular flexibility index (Phi) is 7.71. The lowest BCUT2D eigenvalue weighted by molar-refractivity contribution is -0.0738. The highest BCUT2D eigenvalue weighted by molar-refractivity contribution is 7.10. The molecule has 1 unspecified atom stereocenters. The van der Waals surface area contributed by atoms with Gasteiger partial charge in [0.1, 0.15) is 18.2 Å². The van der Waals surface area contributed by atoms with Crippen molar-refractivity contribution in [1.82, 2.24) is 4.90 Å². The van der Waals surface area contributed by atoms with E-state index in [1.54, 1.807) is 22.4 Å². The van der Waals surface area contributed by atoms with Crippen molar-refractivity contribution < 1.29 is 28.5 Å². The smallest absolute Gasteiger partial charge is 0.322 e. The summed E-state index contributed by atoms with van der Waals surface area (Å²) in [5.74, 6) is 0.423. The van der Waals surface area contributed by atoms with Crippen molar-refractivity contribution >= 4 is 23.1 Å². The Bertz CT molecular complexity index is 1180. The molecule has 186 valence electrons. The zero-order chi connectivity index (χ0) is 25.0. The molecule has 2 N–H and O–H groups in total. The van der Waals surface area contributed by atoms with Crippen molar-refractivity contribution in [2.75, 3.05) is 25.6 Å². The minimum Gasteiger partial charge on any atom is -0.491 e. The number of methoxy groups -OCH3 is 1. The molecule has 1 aliphatic heterocycles. The molecule has 0 radical (unpaired) electrons. The largest absolute Gasteiger partial charge is 0.491 e. The Labute approximate surface area is 208 Å². The number of rotatable bonds is 7. The van der Waals surface area contributed by atoms with Crippen molar-refractivity contribution in [3.8, 4) is 5.75 Å². The van der Waals surface area contributed by atoms with Gasteiger partial charge in [0.25, 0.3) is 0 Å². The van der Waals surface area contributed by atoms with Crippen LogP contribution in [0.3, 0.4) is 0 Å². The summed E-state index contributed by atoms with van der Waals surface area (Å²) < 4.78 is 30.5. The van der Waals surface area contributed by atoms with E-state index in [1.807, 2.05) is 38.1 Å². The molecular weight excluding hydrogens is 471 g/mol. The van der Waals surface area contributed by atoms with Crippen LogP contribution in [0.25, 0.3) is 0 Å². The molecular formula is C26H29FN2O5S. The van der Waals surface area contributed by atoms with Gasteiger partial charge in [-0.3, -0.25) is 0 Å². The summed E-state index contributed by atoms with van der Waals surface area (Å²) in [5.41, 5.74) is 2.40. The maximum absolute atomic E-state index is 13.5. The highest BCUT2D eigenvalue weighted by Crippen LogP contribution is 2.33. The average Bonchev–Trinajstić information content (AvgIpc) is 3.19. The molecule has 0 saturated heterocycles. The fraction of sp³-hybridized carbons (Fsp3) is 0.346.